The van der Waals surface area contributed by atoms with Crippen LogP contribution < -0.4 is 25.3 Å². The third-order valence-corrected chi connectivity index (χ3v) is 3.94. The number of amides is 1. The van der Waals surface area contributed by atoms with Crippen molar-refractivity contribution in [3.63, 3.8) is 0 Å². The predicted octanol–water partition coefficient (Wildman–Crippen LogP) is 3.18. The molecule has 0 bridgehead atoms. The Balaban J connectivity index is 0.00000261. The van der Waals surface area contributed by atoms with Gasteiger partial charge in [0.05, 0.1) is 0 Å². The maximum atomic E-state index is 12.1. The number of ether oxygens (including phenoxy) is 3. The van der Waals surface area contributed by atoms with Crippen molar-refractivity contribution >= 4 is 24.0 Å². The molecule has 6 nitrogen and oxygen atoms in total. The first-order valence-electron chi connectivity index (χ1n) is 8.63. The molecule has 0 radical (unpaired) electrons. The highest BCUT2D eigenvalue weighted by Gasteiger charge is 2.32. The number of carbonyl (C=O) groups is 1. The van der Waals surface area contributed by atoms with Crippen molar-refractivity contribution in [1.82, 2.24) is 0 Å². The molecular formula is C20H25ClN2O4. The molecule has 2 aromatic carbocycles. The van der Waals surface area contributed by atoms with Crippen molar-refractivity contribution in [2.75, 3.05) is 25.1 Å². The molecule has 1 aliphatic heterocycles. The van der Waals surface area contributed by atoms with E-state index in [1.165, 1.54) is 0 Å². The van der Waals surface area contributed by atoms with E-state index in [1.807, 2.05) is 32.0 Å². The summed E-state index contributed by atoms with van der Waals surface area (Å²) < 4.78 is 17.0. The Morgan fingerprint density at radius 3 is 2.63 bits per heavy atom. The van der Waals surface area contributed by atoms with Crippen LogP contribution in [0.1, 0.15) is 19.4 Å². The lowest BCUT2D eigenvalue weighted by atomic mass is 10.0. The van der Waals surface area contributed by atoms with Crippen molar-refractivity contribution in [2.45, 2.75) is 25.9 Å². The van der Waals surface area contributed by atoms with Crippen molar-refractivity contribution in [1.29, 1.82) is 0 Å². The molecule has 146 valence electrons. The van der Waals surface area contributed by atoms with Gasteiger partial charge >= 0.3 is 0 Å². The molecule has 0 saturated carbocycles. The Morgan fingerprint density at radius 2 is 1.93 bits per heavy atom. The van der Waals surface area contributed by atoms with E-state index in [0.29, 0.717) is 30.3 Å². The van der Waals surface area contributed by atoms with E-state index >= 15 is 0 Å². The minimum absolute atomic E-state index is 0. The van der Waals surface area contributed by atoms with Gasteiger partial charge in [0.15, 0.2) is 18.1 Å². The Labute approximate surface area is 165 Å². The summed E-state index contributed by atoms with van der Waals surface area (Å²) in [4.78, 5) is 12.1. The number of benzene rings is 2. The maximum absolute atomic E-state index is 12.1. The molecule has 0 saturated heterocycles. The smallest absolute Gasteiger partial charge is 0.262 e. The van der Waals surface area contributed by atoms with Crippen LogP contribution >= 0.6 is 12.4 Å². The number of fused-ring (bicyclic) bond motifs is 1. The van der Waals surface area contributed by atoms with Crippen LogP contribution in [-0.4, -0.2) is 31.3 Å². The van der Waals surface area contributed by atoms with Gasteiger partial charge in [-0.25, -0.2) is 0 Å². The highest BCUT2D eigenvalue weighted by atomic mass is 35.5. The number of carbonyl (C=O) groups excluding carboxylic acids is 1. The van der Waals surface area contributed by atoms with E-state index in [-0.39, 0.29) is 30.5 Å². The quantitative estimate of drug-likeness (QED) is 0.756. The molecule has 3 rings (SSSR count). The molecule has 0 aromatic heterocycles. The second-order valence-corrected chi connectivity index (χ2v) is 6.78. The molecule has 0 aliphatic carbocycles. The first kappa shape index (κ1) is 20.9. The van der Waals surface area contributed by atoms with E-state index < -0.39 is 0 Å². The summed E-state index contributed by atoms with van der Waals surface area (Å²) in [5, 5.41) is 2.79. The van der Waals surface area contributed by atoms with Gasteiger partial charge in [0, 0.05) is 24.2 Å². The molecule has 1 heterocycles. The highest BCUT2D eigenvalue weighted by Crippen LogP contribution is 2.41. The van der Waals surface area contributed by atoms with Crippen LogP contribution in [0.5, 0.6) is 17.2 Å². The number of nitrogens with one attached hydrogen (secondary N) is 1. The topological polar surface area (TPSA) is 82.8 Å². The second-order valence-electron chi connectivity index (χ2n) is 6.78. The van der Waals surface area contributed by atoms with Crippen molar-refractivity contribution < 1.29 is 19.0 Å². The summed E-state index contributed by atoms with van der Waals surface area (Å²) in [6.07, 6.45) is 0.824. The fraction of sp³-hybridized carbons (Fsp3) is 0.350. The monoisotopic (exact) mass is 392 g/mol. The van der Waals surface area contributed by atoms with Crippen molar-refractivity contribution in [2.24, 2.45) is 5.73 Å². The third-order valence-electron chi connectivity index (χ3n) is 3.94. The fourth-order valence-electron chi connectivity index (χ4n) is 2.85. The van der Waals surface area contributed by atoms with E-state index in [4.69, 9.17) is 19.9 Å². The standard InChI is InChI=1S/C20H24N2O4.ClH/c1-20(2)12-14-4-3-5-17(19(14)26-20)25-13-18(23)22-15-6-8-16(9-7-15)24-11-10-21;/h3-9H,10-13,21H2,1-2H3,(H,22,23);1H. The normalized spacial score (nSPS) is 13.7. The van der Waals surface area contributed by atoms with Crippen molar-refractivity contribution in [3.8, 4) is 17.2 Å². The first-order valence-corrected chi connectivity index (χ1v) is 8.63. The zero-order valence-electron chi connectivity index (χ0n) is 15.5. The summed E-state index contributed by atoms with van der Waals surface area (Å²) in [5.41, 5.74) is 6.92. The van der Waals surface area contributed by atoms with Gasteiger partial charge in [-0.05, 0) is 44.2 Å². The average molecular weight is 393 g/mol. The minimum atomic E-state index is -0.252. The number of halogens is 1. The Morgan fingerprint density at radius 1 is 1.19 bits per heavy atom. The summed E-state index contributed by atoms with van der Waals surface area (Å²) >= 11 is 0. The summed E-state index contributed by atoms with van der Waals surface area (Å²) in [6.45, 7) is 4.89. The number of hydrogen-bond donors (Lipinski definition) is 2. The van der Waals surface area contributed by atoms with Crippen LogP contribution in [-0.2, 0) is 11.2 Å². The minimum Gasteiger partial charge on any atom is -0.492 e. The SMILES string of the molecule is CC1(C)Cc2cccc(OCC(=O)Nc3ccc(OCCN)cc3)c2O1.Cl. The van der Waals surface area contributed by atoms with Crippen LogP contribution in [0.25, 0.3) is 0 Å². The van der Waals surface area contributed by atoms with Gasteiger partial charge in [-0.2, -0.15) is 0 Å². The van der Waals surface area contributed by atoms with E-state index in [1.54, 1.807) is 24.3 Å². The number of nitrogens with two attached hydrogens (primary N) is 1. The summed E-state index contributed by atoms with van der Waals surface area (Å²) in [6, 6.07) is 12.9. The Kier molecular flexibility index (Phi) is 6.93. The van der Waals surface area contributed by atoms with Gasteiger partial charge in [-0.3, -0.25) is 4.79 Å². The molecule has 27 heavy (non-hydrogen) atoms. The lowest BCUT2D eigenvalue weighted by Crippen LogP contribution is -2.25. The molecule has 2 aromatic rings. The van der Waals surface area contributed by atoms with E-state index in [9.17, 15) is 4.79 Å². The molecule has 0 fully saturated rings. The Bertz CT molecular complexity index is 778. The van der Waals surface area contributed by atoms with Gasteiger partial charge < -0.3 is 25.3 Å². The van der Waals surface area contributed by atoms with Crippen molar-refractivity contribution in [3.05, 3.63) is 48.0 Å². The molecule has 7 heteroatoms. The maximum Gasteiger partial charge on any atom is 0.262 e. The van der Waals surface area contributed by atoms with Crippen LogP contribution in [0.15, 0.2) is 42.5 Å². The fourth-order valence-corrected chi connectivity index (χ4v) is 2.85. The van der Waals surface area contributed by atoms with Gasteiger partial charge in [0.25, 0.3) is 5.91 Å². The number of anilines is 1. The average Bonchev–Trinajstić information content (AvgIpc) is 2.93. The van der Waals surface area contributed by atoms with Gasteiger partial charge in [0.1, 0.15) is 18.0 Å². The van der Waals surface area contributed by atoms with Crippen LogP contribution in [0.4, 0.5) is 5.69 Å². The lowest BCUT2D eigenvalue weighted by Gasteiger charge is -2.18. The molecule has 1 aliphatic rings. The second kappa shape index (κ2) is 8.97. The van der Waals surface area contributed by atoms with Gasteiger partial charge in [0.2, 0.25) is 0 Å². The Hall–Kier alpha value is -2.44. The van der Waals surface area contributed by atoms with Gasteiger partial charge in [-0.15, -0.1) is 12.4 Å². The van der Waals surface area contributed by atoms with E-state index in [2.05, 4.69) is 5.32 Å². The summed E-state index contributed by atoms with van der Waals surface area (Å²) in [7, 11) is 0. The van der Waals surface area contributed by atoms with Crippen LogP contribution in [0.3, 0.4) is 0 Å². The number of hydrogen-bond acceptors (Lipinski definition) is 5. The van der Waals surface area contributed by atoms with Crippen LogP contribution in [0, 0.1) is 0 Å². The first-order chi connectivity index (χ1) is 12.5. The third kappa shape index (κ3) is 5.52. The lowest BCUT2D eigenvalue weighted by molar-refractivity contribution is -0.118. The molecule has 3 N–H and O–H groups in total. The van der Waals surface area contributed by atoms with E-state index in [0.717, 1.165) is 17.7 Å². The summed E-state index contributed by atoms with van der Waals surface area (Å²) in [5.74, 6) is 1.79. The number of rotatable bonds is 7. The zero-order valence-corrected chi connectivity index (χ0v) is 16.3. The largest absolute Gasteiger partial charge is 0.492 e. The zero-order chi connectivity index (χ0) is 18.6. The van der Waals surface area contributed by atoms with Crippen LogP contribution in [0.2, 0.25) is 0 Å². The molecule has 1 amide bonds. The molecule has 0 unspecified atom stereocenters. The molecule has 0 spiro atoms. The predicted molar refractivity (Wildman–Crippen MR) is 107 cm³/mol. The number of para-hydroxylation sites is 1. The molecular weight excluding hydrogens is 368 g/mol. The molecule has 0 atom stereocenters. The van der Waals surface area contributed by atoms with Gasteiger partial charge in [-0.1, -0.05) is 12.1 Å². The highest BCUT2D eigenvalue weighted by molar-refractivity contribution is 5.92.